The summed E-state index contributed by atoms with van der Waals surface area (Å²) in [5.41, 5.74) is 4.16. The van der Waals surface area contributed by atoms with E-state index in [0.717, 1.165) is 41.5 Å². The van der Waals surface area contributed by atoms with E-state index in [2.05, 4.69) is 34.9 Å². The maximum Gasteiger partial charge on any atom is 0.255 e. The molecular weight excluding hydrogens is 434 g/mol. The van der Waals surface area contributed by atoms with Gasteiger partial charge in [-0.05, 0) is 60.5 Å². The van der Waals surface area contributed by atoms with Crippen LogP contribution in [0.3, 0.4) is 0 Å². The molecule has 2 aromatic rings. The molecule has 1 aliphatic carbocycles. The third kappa shape index (κ3) is 6.03. The molecule has 0 bridgehead atoms. The molecule has 2 N–H and O–H groups in total. The summed E-state index contributed by atoms with van der Waals surface area (Å²) in [5, 5.41) is 6.08. The Bertz CT molecular complexity index is 1000. The second-order valence-electron chi connectivity index (χ2n) is 8.81. The predicted molar refractivity (Wildman–Crippen MR) is 130 cm³/mol. The molecule has 2 aromatic carbocycles. The molecule has 1 fully saturated rings. The topological polar surface area (TPSA) is 78.5 Å². The van der Waals surface area contributed by atoms with Crippen LogP contribution in [0.2, 0.25) is 0 Å². The van der Waals surface area contributed by atoms with Crippen molar-refractivity contribution in [2.45, 2.75) is 55.5 Å². The molecule has 0 saturated heterocycles. The van der Waals surface area contributed by atoms with Crippen molar-refractivity contribution < 1.29 is 14.4 Å². The van der Waals surface area contributed by atoms with Crippen LogP contribution in [-0.2, 0) is 28.4 Å². The van der Waals surface area contributed by atoms with Crippen LogP contribution in [0.5, 0.6) is 0 Å². The lowest BCUT2D eigenvalue weighted by Crippen LogP contribution is -2.37. The largest absolute Gasteiger partial charge is 0.359 e. The molecule has 0 aromatic heterocycles. The Hall–Kier alpha value is -2.64. The Balaban J connectivity index is 1.36. The van der Waals surface area contributed by atoms with Gasteiger partial charge < -0.3 is 20.3 Å². The highest BCUT2D eigenvalue weighted by Gasteiger charge is 2.34. The van der Waals surface area contributed by atoms with E-state index in [1.54, 1.807) is 23.7 Å². The minimum Gasteiger partial charge on any atom is -0.359 e. The van der Waals surface area contributed by atoms with Gasteiger partial charge in [-0.15, -0.1) is 11.8 Å². The fourth-order valence-corrected chi connectivity index (χ4v) is 5.13. The molecule has 1 unspecified atom stereocenters. The second-order valence-corrected chi connectivity index (χ2v) is 9.83. The first-order valence-corrected chi connectivity index (χ1v) is 12.6. The number of amides is 2. The van der Waals surface area contributed by atoms with Gasteiger partial charge in [-0.3, -0.25) is 9.59 Å². The number of aldehydes is 1. The van der Waals surface area contributed by atoms with Crippen molar-refractivity contribution >= 4 is 29.9 Å². The molecule has 1 saturated carbocycles. The van der Waals surface area contributed by atoms with Crippen molar-refractivity contribution in [1.82, 2.24) is 15.5 Å². The normalized spacial score (nSPS) is 15.9. The van der Waals surface area contributed by atoms with Gasteiger partial charge in [0.05, 0.1) is 6.04 Å². The van der Waals surface area contributed by atoms with Gasteiger partial charge >= 0.3 is 0 Å². The van der Waals surface area contributed by atoms with E-state index in [1.165, 1.54) is 24.0 Å². The lowest BCUT2D eigenvalue weighted by molar-refractivity contribution is -0.121. The zero-order chi connectivity index (χ0) is 23.2. The van der Waals surface area contributed by atoms with Crippen LogP contribution >= 0.6 is 11.8 Å². The maximum atomic E-state index is 13.0. The van der Waals surface area contributed by atoms with E-state index in [1.807, 2.05) is 18.2 Å². The minimum absolute atomic E-state index is 0.132. The van der Waals surface area contributed by atoms with E-state index < -0.39 is 6.04 Å². The monoisotopic (exact) mass is 465 g/mol. The first-order valence-electron chi connectivity index (χ1n) is 11.6. The zero-order valence-corrected chi connectivity index (χ0v) is 19.8. The highest BCUT2D eigenvalue weighted by Crippen LogP contribution is 2.35. The van der Waals surface area contributed by atoms with Crippen molar-refractivity contribution in [3.63, 3.8) is 0 Å². The van der Waals surface area contributed by atoms with Gasteiger partial charge in [0.2, 0.25) is 5.91 Å². The number of nitrogens with zero attached hydrogens (tertiary/aromatic N) is 1. The predicted octanol–water partition coefficient (Wildman–Crippen LogP) is 3.53. The fourth-order valence-electron chi connectivity index (χ4n) is 4.09. The third-order valence-electron chi connectivity index (χ3n) is 6.33. The Kier molecular flexibility index (Phi) is 7.83. The van der Waals surface area contributed by atoms with Gasteiger partial charge in [0, 0.05) is 42.8 Å². The molecule has 1 aliphatic heterocycles. The number of hydrogen-bond donors (Lipinski definition) is 2. The van der Waals surface area contributed by atoms with Gasteiger partial charge in [-0.25, -0.2) is 0 Å². The number of rotatable bonds is 12. The summed E-state index contributed by atoms with van der Waals surface area (Å²) in [4.78, 5) is 38.9. The van der Waals surface area contributed by atoms with E-state index in [4.69, 9.17) is 0 Å². The number of hydrogen-bond acceptors (Lipinski definition) is 5. The summed E-state index contributed by atoms with van der Waals surface area (Å²) in [6.07, 6.45) is 4.05. The SMILES string of the molecule is CNC(=O)CCC(C=O)N1Cc2c(SCc3ccc(CNCC4CC4)cc3)cccc2C1=O. The van der Waals surface area contributed by atoms with Crippen molar-refractivity contribution in [2.75, 3.05) is 13.6 Å². The average Bonchev–Trinajstić information content (AvgIpc) is 3.61. The van der Waals surface area contributed by atoms with Gasteiger partial charge in [0.15, 0.2) is 0 Å². The van der Waals surface area contributed by atoms with Gasteiger partial charge in [0.25, 0.3) is 5.91 Å². The smallest absolute Gasteiger partial charge is 0.255 e. The molecular formula is C26H31N3O3S. The van der Waals surface area contributed by atoms with Gasteiger partial charge in [0.1, 0.15) is 6.29 Å². The molecule has 33 heavy (non-hydrogen) atoms. The van der Waals surface area contributed by atoms with Crippen LogP contribution in [-0.4, -0.2) is 42.6 Å². The van der Waals surface area contributed by atoms with Crippen LogP contribution in [0.1, 0.15) is 52.7 Å². The van der Waals surface area contributed by atoms with Gasteiger partial charge in [-0.2, -0.15) is 0 Å². The molecule has 4 rings (SSSR count). The average molecular weight is 466 g/mol. The lowest BCUT2D eigenvalue weighted by Gasteiger charge is -2.22. The maximum absolute atomic E-state index is 13.0. The molecule has 0 spiro atoms. The lowest BCUT2D eigenvalue weighted by atomic mass is 10.1. The number of carbonyl (C=O) groups excluding carboxylic acids is 3. The minimum atomic E-state index is -0.596. The van der Waals surface area contributed by atoms with Crippen molar-refractivity contribution in [1.29, 1.82) is 0 Å². The first kappa shape index (κ1) is 23.5. The number of carbonyl (C=O) groups is 3. The highest BCUT2D eigenvalue weighted by molar-refractivity contribution is 7.98. The number of fused-ring (bicyclic) bond motifs is 1. The zero-order valence-electron chi connectivity index (χ0n) is 19.0. The Morgan fingerprint density at radius 3 is 2.64 bits per heavy atom. The molecule has 7 heteroatoms. The summed E-state index contributed by atoms with van der Waals surface area (Å²) in [7, 11) is 1.57. The van der Waals surface area contributed by atoms with Crippen LogP contribution in [0.25, 0.3) is 0 Å². The van der Waals surface area contributed by atoms with Crippen molar-refractivity contribution in [3.8, 4) is 0 Å². The number of nitrogens with one attached hydrogen (secondary N) is 2. The number of benzene rings is 2. The summed E-state index contributed by atoms with van der Waals surface area (Å²) in [5.74, 6) is 1.43. The van der Waals surface area contributed by atoms with E-state index in [0.29, 0.717) is 18.5 Å². The van der Waals surface area contributed by atoms with Crippen LogP contribution < -0.4 is 10.6 Å². The van der Waals surface area contributed by atoms with Crippen molar-refractivity contribution in [3.05, 3.63) is 64.7 Å². The molecule has 6 nitrogen and oxygen atoms in total. The van der Waals surface area contributed by atoms with Gasteiger partial charge in [-0.1, -0.05) is 30.3 Å². The molecule has 174 valence electrons. The molecule has 0 radical (unpaired) electrons. The quantitative estimate of drug-likeness (QED) is 0.370. The van der Waals surface area contributed by atoms with E-state index >= 15 is 0 Å². The molecule has 2 amide bonds. The van der Waals surface area contributed by atoms with Crippen molar-refractivity contribution in [2.24, 2.45) is 5.92 Å². The fraction of sp³-hybridized carbons (Fsp3) is 0.423. The first-order chi connectivity index (χ1) is 16.1. The van der Waals surface area contributed by atoms with E-state index in [-0.39, 0.29) is 18.2 Å². The summed E-state index contributed by atoms with van der Waals surface area (Å²) < 4.78 is 0. The Morgan fingerprint density at radius 2 is 1.94 bits per heavy atom. The molecule has 1 heterocycles. The molecule has 1 atom stereocenters. The second kappa shape index (κ2) is 11.0. The van der Waals surface area contributed by atoms with Crippen LogP contribution in [0.15, 0.2) is 47.4 Å². The Morgan fingerprint density at radius 1 is 1.18 bits per heavy atom. The van der Waals surface area contributed by atoms with Crippen LogP contribution in [0.4, 0.5) is 0 Å². The molecule has 2 aliphatic rings. The van der Waals surface area contributed by atoms with Crippen LogP contribution in [0, 0.1) is 5.92 Å². The van der Waals surface area contributed by atoms with E-state index in [9.17, 15) is 14.4 Å². The summed E-state index contributed by atoms with van der Waals surface area (Å²) in [6.45, 7) is 2.43. The number of thioether (sulfide) groups is 1. The summed E-state index contributed by atoms with van der Waals surface area (Å²) in [6, 6.07) is 13.9. The Labute approximate surface area is 199 Å². The standard InChI is InChI=1S/C26H31N3O3S/c1-27-25(31)12-11-21(16-30)29-15-23-22(26(29)32)3-2-4-24(23)33-17-20-9-7-19(8-10-20)14-28-13-18-5-6-18/h2-4,7-10,16,18,21,28H,5-6,11-15,17H2,1H3,(H,27,31). The third-order valence-corrected chi connectivity index (χ3v) is 7.50. The summed E-state index contributed by atoms with van der Waals surface area (Å²) >= 11 is 1.71. The highest BCUT2D eigenvalue weighted by atomic mass is 32.2.